The van der Waals surface area contributed by atoms with Crippen molar-refractivity contribution in [1.29, 1.82) is 0 Å². The molecule has 3 atom stereocenters. The molecule has 1 heterocycles. The molecular weight excluding hydrogens is 252 g/mol. The zero-order valence-electron chi connectivity index (χ0n) is 12.0. The third kappa shape index (κ3) is 3.81. The van der Waals surface area contributed by atoms with Crippen LogP contribution in [0.5, 0.6) is 0 Å². The molecule has 3 unspecified atom stereocenters. The summed E-state index contributed by atoms with van der Waals surface area (Å²) in [6.07, 6.45) is 1.84. The second-order valence-corrected chi connectivity index (χ2v) is 5.75. The monoisotopic (exact) mass is 276 g/mol. The lowest BCUT2D eigenvalue weighted by Crippen LogP contribution is -2.50. The van der Waals surface area contributed by atoms with Gasteiger partial charge in [0.2, 0.25) is 5.91 Å². The third-order valence-electron chi connectivity index (χ3n) is 4.08. The predicted molar refractivity (Wildman–Crippen MR) is 79.1 cm³/mol. The van der Waals surface area contributed by atoms with Gasteiger partial charge in [0.1, 0.15) is 0 Å². The first-order chi connectivity index (χ1) is 9.58. The fourth-order valence-corrected chi connectivity index (χ4v) is 2.66. The summed E-state index contributed by atoms with van der Waals surface area (Å²) in [6.45, 7) is 3.20. The largest absolute Gasteiger partial charge is 0.393 e. The van der Waals surface area contributed by atoms with E-state index >= 15 is 0 Å². The van der Waals surface area contributed by atoms with Crippen LogP contribution >= 0.6 is 0 Å². The smallest absolute Gasteiger partial charge is 0.239 e. The number of hydrogen-bond donors (Lipinski definition) is 2. The van der Waals surface area contributed by atoms with Gasteiger partial charge in [0.25, 0.3) is 0 Å². The first-order valence-electron chi connectivity index (χ1n) is 7.34. The Morgan fingerprint density at radius 1 is 1.45 bits per heavy atom. The first-order valence-corrected chi connectivity index (χ1v) is 7.34. The summed E-state index contributed by atoms with van der Waals surface area (Å²) < 4.78 is 0. The van der Waals surface area contributed by atoms with Crippen LogP contribution in [0.4, 0.5) is 0 Å². The normalized spacial score (nSPS) is 24.4. The number of aliphatic hydroxyl groups is 1. The average Bonchev–Trinajstić information content (AvgIpc) is 2.48. The van der Waals surface area contributed by atoms with Crippen LogP contribution in [-0.4, -0.2) is 41.1 Å². The molecule has 110 valence electrons. The molecule has 1 amide bonds. The Kier molecular flexibility index (Phi) is 5.15. The van der Waals surface area contributed by atoms with Crippen LogP contribution in [0.25, 0.3) is 0 Å². The van der Waals surface area contributed by atoms with Gasteiger partial charge in [-0.15, -0.1) is 0 Å². The van der Waals surface area contributed by atoms with Crippen molar-refractivity contribution >= 4 is 5.91 Å². The average molecular weight is 276 g/mol. The molecule has 3 N–H and O–H groups in total. The summed E-state index contributed by atoms with van der Waals surface area (Å²) in [4.78, 5) is 14.1. The highest BCUT2D eigenvalue weighted by molar-refractivity contribution is 5.81. The van der Waals surface area contributed by atoms with Gasteiger partial charge >= 0.3 is 0 Å². The number of carbonyl (C=O) groups is 1. The topological polar surface area (TPSA) is 66.6 Å². The van der Waals surface area contributed by atoms with Crippen LogP contribution in [-0.2, 0) is 11.2 Å². The molecule has 0 saturated carbocycles. The number of likely N-dealkylation sites (tertiary alicyclic amines) is 1. The zero-order valence-corrected chi connectivity index (χ0v) is 12.0. The molecule has 0 bridgehead atoms. The highest BCUT2D eigenvalue weighted by Crippen LogP contribution is 2.17. The summed E-state index contributed by atoms with van der Waals surface area (Å²) in [5, 5.41) is 9.70. The summed E-state index contributed by atoms with van der Waals surface area (Å²) in [5.41, 5.74) is 7.23. The maximum atomic E-state index is 12.3. The second kappa shape index (κ2) is 6.86. The number of benzene rings is 1. The molecule has 1 aromatic carbocycles. The minimum absolute atomic E-state index is 0.0136. The van der Waals surface area contributed by atoms with Gasteiger partial charge in [-0.2, -0.15) is 0 Å². The van der Waals surface area contributed by atoms with Crippen molar-refractivity contribution in [2.75, 3.05) is 13.1 Å². The minimum Gasteiger partial charge on any atom is -0.393 e. The molecule has 2 rings (SSSR count). The molecule has 1 aromatic rings. The molecular formula is C16H24N2O2. The van der Waals surface area contributed by atoms with Gasteiger partial charge in [-0.25, -0.2) is 0 Å². The zero-order chi connectivity index (χ0) is 14.5. The lowest BCUT2D eigenvalue weighted by Gasteiger charge is -2.35. The molecule has 1 saturated heterocycles. The van der Waals surface area contributed by atoms with Crippen LogP contribution in [0.15, 0.2) is 30.3 Å². The van der Waals surface area contributed by atoms with Gasteiger partial charge in [0, 0.05) is 13.1 Å². The number of aryl methyl sites for hydroxylation is 1. The van der Waals surface area contributed by atoms with E-state index in [2.05, 4.69) is 12.1 Å². The van der Waals surface area contributed by atoms with E-state index in [1.807, 2.05) is 25.1 Å². The summed E-state index contributed by atoms with van der Waals surface area (Å²) in [7, 11) is 0. The van der Waals surface area contributed by atoms with E-state index in [9.17, 15) is 9.90 Å². The van der Waals surface area contributed by atoms with Crippen molar-refractivity contribution in [3.05, 3.63) is 35.9 Å². The van der Waals surface area contributed by atoms with E-state index in [0.717, 1.165) is 6.42 Å². The van der Waals surface area contributed by atoms with Crippen molar-refractivity contribution in [3.63, 3.8) is 0 Å². The quantitative estimate of drug-likeness (QED) is 0.867. The van der Waals surface area contributed by atoms with Crippen LogP contribution < -0.4 is 5.73 Å². The van der Waals surface area contributed by atoms with Crippen LogP contribution in [0.1, 0.15) is 25.3 Å². The highest BCUT2D eigenvalue weighted by Gasteiger charge is 2.29. The molecule has 20 heavy (non-hydrogen) atoms. The maximum Gasteiger partial charge on any atom is 0.239 e. The molecule has 0 aromatic heterocycles. The van der Waals surface area contributed by atoms with Crippen molar-refractivity contribution in [3.8, 4) is 0 Å². The lowest BCUT2D eigenvalue weighted by molar-refractivity contribution is -0.136. The van der Waals surface area contributed by atoms with Crippen LogP contribution in [0, 0.1) is 5.92 Å². The minimum atomic E-state index is -0.447. The summed E-state index contributed by atoms with van der Waals surface area (Å²) in [6, 6.07) is 9.63. The molecule has 4 nitrogen and oxygen atoms in total. The van der Waals surface area contributed by atoms with Crippen molar-refractivity contribution < 1.29 is 9.90 Å². The number of carbonyl (C=O) groups excluding carboxylic acids is 1. The maximum absolute atomic E-state index is 12.3. The number of hydrogen-bond acceptors (Lipinski definition) is 3. The van der Waals surface area contributed by atoms with E-state index in [1.165, 1.54) is 5.56 Å². The number of aliphatic hydroxyl groups excluding tert-OH is 1. The molecule has 0 aliphatic carbocycles. The fraction of sp³-hybridized carbons (Fsp3) is 0.562. The number of nitrogens with two attached hydrogens (primary N) is 1. The Morgan fingerprint density at radius 3 is 2.80 bits per heavy atom. The van der Waals surface area contributed by atoms with Gasteiger partial charge in [-0.3, -0.25) is 4.79 Å². The van der Waals surface area contributed by atoms with Crippen LogP contribution in [0.3, 0.4) is 0 Å². The Hall–Kier alpha value is -1.39. The third-order valence-corrected chi connectivity index (χ3v) is 4.08. The Labute approximate surface area is 120 Å². The van der Waals surface area contributed by atoms with Gasteiger partial charge < -0.3 is 15.7 Å². The number of rotatable bonds is 4. The number of nitrogens with zero attached hydrogens (tertiary/aromatic N) is 1. The number of piperidine rings is 1. The van der Waals surface area contributed by atoms with E-state index < -0.39 is 6.04 Å². The Bertz CT molecular complexity index is 435. The van der Waals surface area contributed by atoms with Crippen LogP contribution in [0.2, 0.25) is 0 Å². The van der Waals surface area contributed by atoms with E-state index in [4.69, 9.17) is 5.73 Å². The SMILES string of the molecule is CC1CN(C(=O)C(N)CCc2ccccc2)CCC1O. The molecule has 1 aliphatic heterocycles. The lowest BCUT2D eigenvalue weighted by atomic mass is 9.95. The van der Waals surface area contributed by atoms with E-state index in [1.54, 1.807) is 4.90 Å². The molecule has 4 heteroatoms. The molecule has 1 aliphatic rings. The molecule has 1 fully saturated rings. The predicted octanol–water partition coefficient (Wildman–Crippen LogP) is 1.18. The van der Waals surface area contributed by atoms with Gasteiger partial charge in [0.05, 0.1) is 12.1 Å². The van der Waals surface area contributed by atoms with Crippen molar-refractivity contribution in [2.24, 2.45) is 11.7 Å². The Balaban J connectivity index is 1.83. The highest BCUT2D eigenvalue weighted by atomic mass is 16.3. The standard InChI is InChI=1S/C16H24N2O2/c1-12-11-18(10-9-15(12)19)16(20)14(17)8-7-13-5-3-2-4-6-13/h2-6,12,14-15,19H,7-11,17H2,1H3. The van der Waals surface area contributed by atoms with Crippen molar-refractivity contribution in [2.45, 2.75) is 38.3 Å². The van der Waals surface area contributed by atoms with Crippen molar-refractivity contribution in [1.82, 2.24) is 4.90 Å². The van der Waals surface area contributed by atoms with E-state index in [-0.39, 0.29) is 17.9 Å². The summed E-state index contributed by atoms with van der Waals surface area (Å²) in [5.74, 6) is 0.147. The Morgan fingerprint density at radius 2 is 2.15 bits per heavy atom. The first kappa shape index (κ1) is 15.0. The number of amides is 1. The molecule has 0 spiro atoms. The van der Waals surface area contributed by atoms with Gasteiger partial charge in [-0.1, -0.05) is 37.3 Å². The molecule has 0 radical (unpaired) electrons. The van der Waals surface area contributed by atoms with Gasteiger partial charge in [-0.05, 0) is 30.7 Å². The fourth-order valence-electron chi connectivity index (χ4n) is 2.66. The second-order valence-electron chi connectivity index (χ2n) is 5.75. The summed E-state index contributed by atoms with van der Waals surface area (Å²) >= 11 is 0. The van der Waals surface area contributed by atoms with E-state index in [0.29, 0.717) is 25.9 Å². The van der Waals surface area contributed by atoms with Gasteiger partial charge in [0.15, 0.2) is 0 Å².